The van der Waals surface area contributed by atoms with Gasteiger partial charge in [0.15, 0.2) is 0 Å². The fourth-order valence-corrected chi connectivity index (χ4v) is 2.63. The largest absolute Gasteiger partial charge is 0.310 e. The summed E-state index contributed by atoms with van der Waals surface area (Å²) in [4.78, 5) is -1.90. The van der Waals surface area contributed by atoms with Crippen molar-refractivity contribution in [3.63, 3.8) is 0 Å². The van der Waals surface area contributed by atoms with Crippen molar-refractivity contribution in [2.45, 2.75) is 24.7 Å². The fourth-order valence-electron chi connectivity index (χ4n) is 1.98. The number of benzene rings is 2. The third-order valence-corrected chi connectivity index (χ3v) is 4.31. The van der Waals surface area contributed by atoms with Crippen LogP contribution in [0, 0.1) is 11.8 Å². The van der Waals surface area contributed by atoms with E-state index in [-0.39, 0.29) is 5.56 Å². The lowest BCUT2D eigenvalue weighted by Crippen LogP contribution is -2.05. The monoisotopic (exact) mass is 346 g/mol. The van der Waals surface area contributed by atoms with E-state index < -0.39 is 15.1 Å². The molecular formula is C17H15F5S. The predicted molar refractivity (Wildman–Crippen MR) is 84.3 cm³/mol. The van der Waals surface area contributed by atoms with Gasteiger partial charge in [0.2, 0.25) is 0 Å². The van der Waals surface area contributed by atoms with Crippen LogP contribution in [0.3, 0.4) is 0 Å². The summed E-state index contributed by atoms with van der Waals surface area (Å²) in [5, 5.41) is 0. The van der Waals surface area contributed by atoms with Gasteiger partial charge in [-0.1, -0.05) is 56.7 Å². The van der Waals surface area contributed by atoms with Crippen molar-refractivity contribution in [3.05, 3.63) is 65.2 Å². The lowest BCUT2D eigenvalue weighted by molar-refractivity contribution is 0.364. The molecule has 0 atom stereocenters. The summed E-state index contributed by atoms with van der Waals surface area (Å²) in [5.74, 6) is 5.47. The molecule has 0 aromatic heterocycles. The van der Waals surface area contributed by atoms with Crippen LogP contribution in [-0.4, -0.2) is 0 Å². The Morgan fingerprint density at radius 3 is 1.57 bits per heavy atom. The van der Waals surface area contributed by atoms with E-state index in [2.05, 4.69) is 18.8 Å². The minimum absolute atomic E-state index is 0.244. The van der Waals surface area contributed by atoms with Gasteiger partial charge < -0.3 is 0 Å². The minimum Gasteiger partial charge on any atom is -0.0936 e. The standard InChI is InChI=1S/C17H15F5S/c1-2-3-14-4-6-15(7-5-14)8-9-16-10-12-17(13-11-16)23(18,19,20,21)22/h4-7,10-13H,2-3H2,1H3. The quantitative estimate of drug-likeness (QED) is 0.429. The molecule has 2 aromatic carbocycles. The first-order chi connectivity index (χ1) is 10.5. The van der Waals surface area contributed by atoms with E-state index in [1.165, 1.54) is 5.56 Å². The second-order valence-corrected chi connectivity index (χ2v) is 7.60. The van der Waals surface area contributed by atoms with Crippen molar-refractivity contribution in [2.75, 3.05) is 0 Å². The van der Waals surface area contributed by atoms with E-state index in [4.69, 9.17) is 0 Å². The van der Waals surface area contributed by atoms with Gasteiger partial charge in [0.25, 0.3) is 0 Å². The summed E-state index contributed by atoms with van der Waals surface area (Å²) in [6.07, 6.45) is 1.99. The van der Waals surface area contributed by atoms with Gasteiger partial charge in [0, 0.05) is 11.1 Å². The summed E-state index contributed by atoms with van der Waals surface area (Å²) in [7, 11) is -9.61. The van der Waals surface area contributed by atoms with Crippen LogP contribution in [0.1, 0.15) is 30.0 Å². The molecule has 0 aliphatic heterocycles. The van der Waals surface area contributed by atoms with Crippen molar-refractivity contribution >= 4 is 10.2 Å². The number of hydrogen-bond acceptors (Lipinski definition) is 0. The molecule has 2 rings (SSSR count). The molecule has 0 saturated heterocycles. The second-order valence-electron chi connectivity index (χ2n) is 5.19. The Morgan fingerprint density at radius 1 is 0.739 bits per heavy atom. The third-order valence-electron chi connectivity index (χ3n) is 3.14. The summed E-state index contributed by atoms with van der Waals surface area (Å²) >= 11 is 0. The first-order valence-electron chi connectivity index (χ1n) is 6.93. The van der Waals surface area contributed by atoms with Gasteiger partial charge in [-0.2, -0.15) is 0 Å². The highest BCUT2D eigenvalue weighted by atomic mass is 32.5. The molecule has 0 heterocycles. The van der Waals surface area contributed by atoms with Crippen molar-refractivity contribution in [1.82, 2.24) is 0 Å². The van der Waals surface area contributed by atoms with Crippen LogP contribution in [0.5, 0.6) is 0 Å². The van der Waals surface area contributed by atoms with Gasteiger partial charge in [-0.15, -0.1) is 0 Å². The molecule has 0 bridgehead atoms. The van der Waals surface area contributed by atoms with Crippen molar-refractivity contribution in [2.24, 2.45) is 0 Å². The average molecular weight is 346 g/mol. The lowest BCUT2D eigenvalue weighted by Gasteiger charge is -2.40. The van der Waals surface area contributed by atoms with Crippen LogP contribution < -0.4 is 0 Å². The van der Waals surface area contributed by atoms with Crippen LogP contribution in [0.2, 0.25) is 0 Å². The fraction of sp³-hybridized carbons (Fsp3) is 0.176. The van der Waals surface area contributed by atoms with Gasteiger partial charge in [-0.3, -0.25) is 0 Å². The Labute approximate surface area is 132 Å². The topological polar surface area (TPSA) is 0 Å². The van der Waals surface area contributed by atoms with E-state index in [0.717, 1.165) is 25.0 Å². The highest BCUT2D eigenvalue weighted by molar-refractivity contribution is 8.45. The minimum atomic E-state index is -9.61. The van der Waals surface area contributed by atoms with Gasteiger partial charge in [-0.05, 0) is 48.4 Å². The predicted octanol–water partition coefficient (Wildman–Crippen LogP) is 6.70. The average Bonchev–Trinajstić information content (AvgIpc) is 2.45. The van der Waals surface area contributed by atoms with Crippen molar-refractivity contribution in [3.8, 4) is 11.8 Å². The van der Waals surface area contributed by atoms with Gasteiger partial charge in [-0.25, -0.2) is 0 Å². The molecule has 0 nitrogen and oxygen atoms in total. The van der Waals surface area contributed by atoms with Crippen LogP contribution in [0.25, 0.3) is 0 Å². The SMILES string of the molecule is CCCc1ccc(C#Cc2ccc(S(F)(F)(F)(F)F)cc2)cc1. The molecule has 0 aliphatic carbocycles. The molecule has 0 fully saturated rings. The van der Waals surface area contributed by atoms with E-state index in [9.17, 15) is 19.4 Å². The molecule has 23 heavy (non-hydrogen) atoms. The molecule has 0 saturated carbocycles. The molecule has 6 heteroatoms. The Hall–Kier alpha value is -2.00. The van der Waals surface area contributed by atoms with Crippen molar-refractivity contribution in [1.29, 1.82) is 0 Å². The summed E-state index contributed by atoms with van der Waals surface area (Å²) < 4.78 is 63.0. The molecule has 0 radical (unpaired) electrons. The highest BCUT2D eigenvalue weighted by Gasteiger charge is 2.65. The first kappa shape index (κ1) is 17.4. The first-order valence-corrected chi connectivity index (χ1v) is 8.88. The third kappa shape index (κ3) is 5.00. The molecule has 2 aromatic rings. The Kier molecular flexibility index (Phi) is 3.98. The highest BCUT2D eigenvalue weighted by Crippen LogP contribution is 3.02. The summed E-state index contributed by atoms with van der Waals surface area (Å²) in [5.41, 5.74) is 2.13. The molecular weight excluding hydrogens is 331 g/mol. The zero-order chi connectivity index (χ0) is 17.2. The van der Waals surface area contributed by atoms with Crippen LogP contribution in [-0.2, 0) is 6.42 Å². The Bertz CT molecular complexity index is 748. The summed E-state index contributed by atoms with van der Waals surface area (Å²) in [6.45, 7) is 2.07. The Morgan fingerprint density at radius 2 is 1.17 bits per heavy atom. The number of halogens is 5. The molecule has 0 amide bonds. The van der Waals surface area contributed by atoms with E-state index in [1.807, 2.05) is 24.3 Å². The normalized spacial score (nSPS) is 14.3. The second kappa shape index (κ2) is 5.27. The van der Waals surface area contributed by atoms with Crippen LogP contribution >= 0.6 is 10.2 Å². The van der Waals surface area contributed by atoms with Crippen molar-refractivity contribution < 1.29 is 19.4 Å². The van der Waals surface area contributed by atoms with Crippen LogP contribution in [0.4, 0.5) is 19.4 Å². The number of aryl methyl sites for hydroxylation is 1. The smallest absolute Gasteiger partial charge is 0.0936 e. The lowest BCUT2D eigenvalue weighted by atomic mass is 10.1. The maximum atomic E-state index is 12.6. The van der Waals surface area contributed by atoms with Gasteiger partial charge in [0.05, 0.1) is 0 Å². The molecule has 0 aliphatic rings. The van der Waals surface area contributed by atoms with E-state index in [0.29, 0.717) is 17.7 Å². The zero-order valence-corrected chi connectivity index (χ0v) is 13.1. The number of rotatable bonds is 3. The molecule has 0 spiro atoms. The molecule has 124 valence electrons. The number of hydrogen-bond donors (Lipinski definition) is 0. The molecule has 0 N–H and O–H groups in total. The summed E-state index contributed by atoms with van der Waals surface area (Å²) in [6, 6.07) is 10.2. The zero-order valence-electron chi connectivity index (χ0n) is 12.3. The Balaban J connectivity index is 2.20. The van der Waals surface area contributed by atoms with Gasteiger partial charge in [0.1, 0.15) is 4.90 Å². The molecule has 0 unspecified atom stereocenters. The maximum Gasteiger partial charge on any atom is 0.310 e. The van der Waals surface area contributed by atoms with E-state index in [1.54, 1.807) is 0 Å². The van der Waals surface area contributed by atoms with Gasteiger partial charge >= 0.3 is 10.2 Å². The maximum absolute atomic E-state index is 12.6. The van der Waals surface area contributed by atoms with E-state index >= 15 is 0 Å². The van der Waals surface area contributed by atoms with Crippen LogP contribution in [0.15, 0.2) is 53.4 Å².